The van der Waals surface area contributed by atoms with Gasteiger partial charge in [-0.2, -0.15) is 5.10 Å². The van der Waals surface area contributed by atoms with E-state index in [1.807, 2.05) is 31.2 Å². The van der Waals surface area contributed by atoms with Gasteiger partial charge in [0.1, 0.15) is 11.5 Å². The first-order valence-corrected chi connectivity index (χ1v) is 11.7. The molecule has 1 amide bonds. The highest BCUT2D eigenvalue weighted by Crippen LogP contribution is 2.32. The summed E-state index contributed by atoms with van der Waals surface area (Å²) in [4.78, 5) is 33.0. The number of aromatic amines is 2. The molecule has 1 aromatic carbocycles. The second-order valence-corrected chi connectivity index (χ2v) is 8.71. The van der Waals surface area contributed by atoms with Crippen LogP contribution in [0.15, 0.2) is 61.2 Å². The van der Waals surface area contributed by atoms with Crippen LogP contribution in [0.4, 0.5) is 10.1 Å². The Morgan fingerprint density at radius 3 is 2.78 bits per heavy atom. The molecule has 0 spiro atoms. The number of hydrogen-bond donors (Lipinski definition) is 3. The highest BCUT2D eigenvalue weighted by Gasteiger charge is 2.17. The SMILES string of the molecule is CCC(=O)Nc1cncc(-c2cc3c(-c4nc5nccc(-c6cc(C)cc(F)c6)c5[nH]4)n[nH]c3cn2)c1. The molecule has 10 heteroatoms. The van der Waals surface area contributed by atoms with Crippen molar-refractivity contribution in [3.63, 3.8) is 0 Å². The molecule has 0 unspecified atom stereocenters. The molecule has 182 valence electrons. The van der Waals surface area contributed by atoms with Crippen LogP contribution in [0.2, 0.25) is 0 Å². The van der Waals surface area contributed by atoms with Crippen molar-refractivity contribution in [3.8, 4) is 33.9 Å². The Balaban J connectivity index is 1.43. The molecule has 37 heavy (non-hydrogen) atoms. The van der Waals surface area contributed by atoms with E-state index in [1.165, 1.54) is 12.1 Å². The van der Waals surface area contributed by atoms with Crippen LogP contribution in [0.3, 0.4) is 0 Å². The van der Waals surface area contributed by atoms with Gasteiger partial charge in [-0.25, -0.2) is 14.4 Å². The molecule has 6 aromatic rings. The number of imidazole rings is 1. The van der Waals surface area contributed by atoms with Crippen LogP contribution in [0, 0.1) is 12.7 Å². The molecular weight excluding hydrogens is 471 g/mol. The van der Waals surface area contributed by atoms with Crippen molar-refractivity contribution >= 4 is 33.7 Å². The Labute approximate surface area is 210 Å². The molecule has 5 heterocycles. The van der Waals surface area contributed by atoms with Gasteiger partial charge < -0.3 is 10.3 Å². The number of amides is 1. The summed E-state index contributed by atoms with van der Waals surface area (Å²) in [6, 6.07) is 10.5. The van der Waals surface area contributed by atoms with E-state index in [1.54, 1.807) is 31.7 Å². The van der Waals surface area contributed by atoms with Crippen molar-refractivity contribution in [1.29, 1.82) is 0 Å². The fourth-order valence-corrected chi connectivity index (χ4v) is 4.31. The van der Waals surface area contributed by atoms with Crippen molar-refractivity contribution in [2.24, 2.45) is 0 Å². The number of aromatic nitrogens is 7. The number of fused-ring (bicyclic) bond motifs is 2. The molecule has 0 bridgehead atoms. The smallest absolute Gasteiger partial charge is 0.224 e. The van der Waals surface area contributed by atoms with E-state index in [2.05, 4.69) is 40.4 Å². The molecule has 0 atom stereocenters. The molecule has 6 rings (SSSR count). The van der Waals surface area contributed by atoms with Crippen molar-refractivity contribution in [1.82, 2.24) is 35.1 Å². The lowest BCUT2D eigenvalue weighted by Crippen LogP contribution is -2.09. The number of nitrogens with one attached hydrogen (secondary N) is 3. The molecule has 0 aliphatic carbocycles. The van der Waals surface area contributed by atoms with Crippen molar-refractivity contribution < 1.29 is 9.18 Å². The number of aryl methyl sites for hydroxylation is 1. The Morgan fingerprint density at radius 1 is 1.05 bits per heavy atom. The predicted octanol–water partition coefficient (Wildman–Crippen LogP) is 5.42. The maximum absolute atomic E-state index is 14.1. The lowest BCUT2D eigenvalue weighted by atomic mass is 10.0. The van der Waals surface area contributed by atoms with Crippen molar-refractivity contribution in [2.45, 2.75) is 20.3 Å². The van der Waals surface area contributed by atoms with Crippen LogP contribution >= 0.6 is 0 Å². The van der Waals surface area contributed by atoms with E-state index in [4.69, 9.17) is 0 Å². The number of rotatable bonds is 5. The monoisotopic (exact) mass is 492 g/mol. The zero-order valence-corrected chi connectivity index (χ0v) is 20.0. The van der Waals surface area contributed by atoms with E-state index in [9.17, 15) is 9.18 Å². The Bertz CT molecular complexity index is 1790. The molecule has 0 aliphatic heterocycles. The maximum atomic E-state index is 14.1. The molecule has 9 nitrogen and oxygen atoms in total. The second-order valence-electron chi connectivity index (χ2n) is 8.71. The third kappa shape index (κ3) is 4.18. The van der Waals surface area contributed by atoms with Gasteiger partial charge >= 0.3 is 0 Å². The lowest BCUT2D eigenvalue weighted by Gasteiger charge is -2.06. The largest absolute Gasteiger partial charge is 0.335 e. The van der Waals surface area contributed by atoms with Crippen molar-refractivity contribution in [3.05, 3.63) is 72.6 Å². The summed E-state index contributed by atoms with van der Waals surface area (Å²) >= 11 is 0. The fourth-order valence-electron chi connectivity index (χ4n) is 4.31. The van der Waals surface area contributed by atoms with Gasteiger partial charge in [0, 0.05) is 35.3 Å². The van der Waals surface area contributed by atoms with Gasteiger partial charge in [-0.05, 0) is 48.4 Å². The number of halogens is 1. The molecule has 0 radical (unpaired) electrons. The quantitative estimate of drug-likeness (QED) is 0.295. The fraction of sp³-hybridized carbons (Fsp3) is 0.111. The minimum absolute atomic E-state index is 0.0919. The van der Waals surface area contributed by atoms with Crippen LogP contribution in [-0.2, 0) is 4.79 Å². The molecule has 5 aromatic heterocycles. The second kappa shape index (κ2) is 8.90. The third-order valence-corrected chi connectivity index (χ3v) is 6.06. The molecule has 3 N–H and O–H groups in total. The summed E-state index contributed by atoms with van der Waals surface area (Å²) in [5.41, 5.74) is 6.90. The molecule has 0 saturated heterocycles. The van der Waals surface area contributed by atoms with Crippen LogP contribution in [0.25, 0.3) is 56.0 Å². The number of hydrogen-bond acceptors (Lipinski definition) is 6. The first kappa shape index (κ1) is 22.5. The number of H-pyrrole nitrogens is 2. The van der Waals surface area contributed by atoms with E-state index < -0.39 is 0 Å². The Morgan fingerprint density at radius 2 is 1.95 bits per heavy atom. The highest BCUT2D eigenvalue weighted by atomic mass is 19.1. The van der Waals surface area contributed by atoms with E-state index in [0.717, 1.165) is 33.2 Å². The summed E-state index contributed by atoms with van der Waals surface area (Å²) in [6.45, 7) is 3.64. The first-order valence-electron chi connectivity index (χ1n) is 11.7. The maximum Gasteiger partial charge on any atom is 0.224 e. The van der Waals surface area contributed by atoms with Gasteiger partial charge in [0.15, 0.2) is 11.5 Å². The van der Waals surface area contributed by atoms with E-state index in [-0.39, 0.29) is 11.7 Å². The van der Waals surface area contributed by atoms with Crippen LogP contribution in [0.5, 0.6) is 0 Å². The topological polar surface area (TPSA) is 125 Å². The average Bonchev–Trinajstić information content (AvgIpc) is 3.51. The summed E-state index contributed by atoms with van der Waals surface area (Å²) in [5.74, 6) is 0.130. The number of nitrogens with zero attached hydrogens (tertiary/aromatic N) is 5. The van der Waals surface area contributed by atoms with Crippen molar-refractivity contribution in [2.75, 3.05) is 5.32 Å². The van der Waals surface area contributed by atoms with E-state index in [0.29, 0.717) is 40.5 Å². The number of carbonyl (C=O) groups is 1. The lowest BCUT2D eigenvalue weighted by molar-refractivity contribution is -0.115. The van der Waals surface area contributed by atoms with Gasteiger partial charge in [-0.1, -0.05) is 13.0 Å². The number of anilines is 1. The minimum atomic E-state index is -0.300. The number of pyridine rings is 3. The minimum Gasteiger partial charge on any atom is -0.335 e. The predicted molar refractivity (Wildman–Crippen MR) is 139 cm³/mol. The van der Waals surface area contributed by atoms with Gasteiger partial charge in [-0.3, -0.25) is 19.9 Å². The third-order valence-electron chi connectivity index (χ3n) is 6.06. The Hall–Kier alpha value is -4.99. The molecule has 0 saturated carbocycles. The van der Waals surface area contributed by atoms with Crippen LogP contribution < -0.4 is 5.32 Å². The van der Waals surface area contributed by atoms with Gasteiger partial charge in [-0.15, -0.1) is 0 Å². The number of benzene rings is 1. The normalized spacial score (nSPS) is 11.3. The molecular formula is C27H21FN8O. The van der Waals surface area contributed by atoms with Crippen LogP contribution in [-0.4, -0.2) is 41.0 Å². The summed E-state index contributed by atoms with van der Waals surface area (Å²) < 4.78 is 14.1. The zero-order chi connectivity index (χ0) is 25.5. The first-order chi connectivity index (χ1) is 18.0. The van der Waals surface area contributed by atoms with E-state index >= 15 is 0 Å². The average molecular weight is 493 g/mol. The standard InChI is InChI=1S/C27H21FN8O/c1-3-23(37)32-18-9-16(11-29-12-18)21-10-20-22(13-31-21)35-36-25(20)27-33-24-19(4-5-30-26(24)34-27)15-6-14(2)7-17(28)8-15/h4-13H,3H2,1-2H3,(H,32,37)(H,35,36)(H,30,33,34). The summed E-state index contributed by atoms with van der Waals surface area (Å²) in [6.07, 6.45) is 7.01. The zero-order valence-electron chi connectivity index (χ0n) is 20.0. The number of carbonyl (C=O) groups excluding carboxylic acids is 1. The van der Waals surface area contributed by atoms with Gasteiger partial charge in [0.05, 0.1) is 34.8 Å². The summed E-state index contributed by atoms with van der Waals surface area (Å²) in [5, 5.41) is 11.1. The molecule has 0 aliphatic rings. The molecule has 0 fully saturated rings. The van der Waals surface area contributed by atoms with Gasteiger partial charge in [0.2, 0.25) is 5.91 Å². The van der Waals surface area contributed by atoms with Crippen LogP contribution in [0.1, 0.15) is 18.9 Å². The highest BCUT2D eigenvalue weighted by molar-refractivity contribution is 5.97. The summed E-state index contributed by atoms with van der Waals surface area (Å²) in [7, 11) is 0. The van der Waals surface area contributed by atoms with Gasteiger partial charge in [0.25, 0.3) is 0 Å². The Kier molecular flexibility index (Phi) is 5.41.